The monoisotopic (exact) mass is 424 g/mol. The molecule has 0 unspecified atom stereocenters. The number of esters is 1. The molecule has 0 saturated heterocycles. The molecule has 2 rings (SSSR count). The van der Waals surface area contributed by atoms with Gasteiger partial charge in [-0.2, -0.15) is 0 Å². The normalized spacial score (nSPS) is 12.0. The second-order valence-electron chi connectivity index (χ2n) is 7.03. The SMILES string of the molecule is CCn1c(CCC(=O)NCC(=O)OC(C)C)nc2cc(S(=O)(=O)N(C)C)ccc21. The third-order valence-electron chi connectivity index (χ3n) is 4.27. The molecule has 160 valence electrons. The van der Waals surface area contributed by atoms with Gasteiger partial charge in [-0.15, -0.1) is 0 Å². The van der Waals surface area contributed by atoms with E-state index in [1.54, 1.807) is 32.0 Å². The van der Waals surface area contributed by atoms with Gasteiger partial charge in [0.05, 0.1) is 22.0 Å². The van der Waals surface area contributed by atoms with Gasteiger partial charge in [0.25, 0.3) is 0 Å². The van der Waals surface area contributed by atoms with Crippen molar-refractivity contribution < 1.29 is 22.7 Å². The maximum absolute atomic E-state index is 12.3. The van der Waals surface area contributed by atoms with Crippen LogP contribution in [0.25, 0.3) is 11.0 Å². The number of imidazole rings is 1. The minimum absolute atomic E-state index is 0.154. The number of nitrogens with zero attached hydrogens (tertiary/aromatic N) is 3. The summed E-state index contributed by atoms with van der Waals surface area (Å²) in [7, 11) is -0.598. The lowest BCUT2D eigenvalue weighted by molar-refractivity contribution is -0.147. The Hall–Kier alpha value is -2.46. The average Bonchev–Trinajstić information content (AvgIpc) is 3.00. The number of carbonyl (C=O) groups is 2. The minimum atomic E-state index is -3.55. The number of aryl methyl sites for hydroxylation is 2. The van der Waals surface area contributed by atoms with Gasteiger partial charge in [0, 0.05) is 33.5 Å². The summed E-state index contributed by atoms with van der Waals surface area (Å²) in [5.74, 6) is -0.0816. The first-order valence-corrected chi connectivity index (χ1v) is 10.9. The largest absolute Gasteiger partial charge is 0.462 e. The van der Waals surface area contributed by atoms with Gasteiger partial charge in [-0.05, 0) is 39.0 Å². The van der Waals surface area contributed by atoms with Crippen LogP contribution in [0.5, 0.6) is 0 Å². The third-order valence-corrected chi connectivity index (χ3v) is 6.08. The number of carbonyl (C=O) groups excluding carboxylic acids is 2. The summed E-state index contributed by atoms with van der Waals surface area (Å²) < 4.78 is 32.8. The Bertz CT molecular complexity index is 995. The van der Waals surface area contributed by atoms with E-state index in [0.29, 0.717) is 24.3 Å². The van der Waals surface area contributed by atoms with Crippen molar-refractivity contribution in [2.45, 2.75) is 51.2 Å². The van der Waals surface area contributed by atoms with Crippen LogP contribution in [0.1, 0.15) is 33.0 Å². The van der Waals surface area contributed by atoms with E-state index in [1.807, 2.05) is 11.5 Å². The molecule has 1 aromatic heterocycles. The number of rotatable bonds is 9. The quantitative estimate of drug-likeness (QED) is 0.608. The highest BCUT2D eigenvalue weighted by Crippen LogP contribution is 2.22. The van der Waals surface area contributed by atoms with Crippen LogP contribution in [0.4, 0.5) is 0 Å². The van der Waals surface area contributed by atoms with E-state index in [4.69, 9.17) is 4.74 Å². The van der Waals surface area contributed by atoms with Gasteiger partial charge in [-0.1, -0.05) is 0 Å². The summed E-state index contributed by atoms with van der Waals surface area (Å²) in [4.78, 5) is 28.2. The van der Waals surface area contributed by atoms with Crippen molar-refractivity contribution in [1.29, 1.82) is 0 Å². The summed E-state index contributed by atoms with van der Waals surface area (Å²) in [6.07, 6.45) is 0.287. The van der Waals surface area contributed by atoms with Crippen molar-refractivity contribution in [2.24, 2.45) is 0 Å². The topological polar surface area (TPSA) is 111 Å². The summed E-state index contributed by atoms with van der Waals surface area (Å²) in [6, 6.07) is 4.83. The molecule has 29 heavy (non-hydrogen) atoms. The zero-order valence-corrected chi connectivity index (χ0v) is 18.2. The van der Waals surface area contributed by atoms with Gasteiger partial charge in [-0.3, -0.25) is 9.59 Å². The predicted molar refractivity (Wildman–Crippen MR) is 109 cm³/mol. The lowest BCUT2D eigenvalue weighted by atomic mass is 10.2. The molecule has 0 radical (unpaired) electrons. The number of fused-ring (bicyclic) bond motifs is 1. The van der Waals surface area contributed by atoms with Crippen molar-refractivity contribution in [2.75, 3.05) is 20.6 Å². The van der Waals surface area contributed by atoms with Crippen molar-refractivity contribution in [3.63, 3.8) is 0 Å². The maximum atomic E-state index is 12.3. The molecule has 0 aliphatic rings. The van der Waals surface area contributed by atoms with Crippen LogP contribution in [0.15, 0.2) is 23.1 Å². The second-order valence-corrected chi connectivity index (χ2v) is 9.18. The van der Waals surface area contributed by atoms with Crippen molar-refractivity contribution in [1.82, 2.24) is 19.2 Å². The fourth-order valence-electron chi connectivity index (χ4n) is 2.86. The molecule has 1 aromatic carbocycles. The summed E-state index contributed by atoms with van der Waals surface area (Å²) in [6.45, 7) is 5.90. The Morgan fingerprint density at radius 1 is 1.28 bits per heavy atom. The lowest BCUT2D eigenvalue weighted by Gasteiger charge is -2.11. The Morgan fingerprint density at radius 2 is 1.97 bits per heavy atom. The molecule has 1 heterocycles. The van der Waals surface area contributed by atoms with Crippen LogP contribution in [0.3, 0.4) is 0 Å². The fourth-order valence-corrected chi connectivity index (χ4v) is 3.79. The molecule has 0 aliphatic carbocycles. The molecular weight excluding hydrogens is 396 g/mol. The third kappa shape index (κ3) is 5.54. The second kappa shape index (κ2) is 9.36. The summed E-state index contributed by atoms with van der Waals surface area (Å²) in [5, 5.41) is 2.54. The van der Waals surface area contributed by atoms with E-state index < -0.39 is 16.0 Å². The molecular formula is C19H28N4O5S. The van der Waals surface area contributed by atoms with Crippen LogP contribution in [0, 0.1) is 0 Å². The number of nitrogens with one attached hydrogen (secondary N) is 1. The van der Waals surface area contributed by atoms with Crippen molar-refractivity contribution >= 4 is 32.9 Å². The maximum Gasteiger partial charge on any atom is 0.325 e. The Labute approximate surface area is 171 Å². The predicted octanol–water partition coefficient (Wildman–Crippen LogP) is 1.31. The van der Waals surface area contributed by atoms with Gasteiger partial charge >= 0.3 is 5.97 Å². The first kappa shape index (κ1) is 22.8. The zero-order valence-electron chi connectivity index (χ0n) is 17.4. The lowest BCUT2D eigenvalue weighted by Crippen LogP contribution is -2.31. The van der Waals surface area contributed by atoms with Crippen LogP contribution in [-0.2, 0) is 37.3 Å². The van der Waals surface area contributed by atoms with Crippen LogP contribution in [-0.4, -0.2) is 60.9 Å². The number of hydrogen-bond acceptors (Lipinski definition) is 6. The molecule has 1 amide bonds. The number of aromatic nitrogens is 2. The van der Waals surface area contributed by atoms with E-state index in [1.165, 1.54) is 14.1 Å². The first-order chi connectivity index (χ1) is 13.6. The van der Waals surface area contributed by atoms with E-state index in [2.05, 4.69) is 10.3 Å². The van der Waals surface area contributed by atoms with Gasteiger partial charge in [-0.25, -0.2) is 17.7 Å². The molecule has 10 heteroatoms. The number of benzene rings is 1. The van der Waals surface area contributed by atoms with E-state index >= 15 is 0 Å². The summed E-state index contributed by atoms with van der Waals surface area (Å²) >= 11 is 0. The molecule has 0 saturated carbocycles. The molecule has 0 spiro atoms. The first-order valence-electron chi connectivity index (χ1n) is 9.44. The van der Waals surface area contributed by atoms with Crippen LogP contribution >= 0.6 is 0 Å². The van der Waals surface area contributed by atoms with E-state index in [9.17, 15) is 18.0 Å². The highest BCUT2D eigenvalue weighted by molar-refractivity contribution is 7.89. The zero-order chi connectivity index (χ0) is 21.8. The van der Waals surface area contributed by atoms with Crippen molar-refractivity contribution in [3.8, 4) is 0 Å². The van der Waals surface area contributed by atoms with Gasteiger partial charge in [0.2, 0.25) is 15.9 Å². The number of hydrogen-bond donors (Lipinski definition) is 1. The highest BCUT2D eigenvalue weighted by atomic mass is 32.2. The Balaban J connectivity index is 2.13. The fraction of sp³-hybridized carbons (Fsp3) is 0.526. The minimum Gasteiger partial charge on any atom is -0.462 e. The van der Waals surface area contributed by atoms with Crippen LogP contribution in [0.2, 0.25) is 0 Å². The summed E-state index contributed by atoms with van der Waals surface area (Å²) in [5.41, 5.74) is 1.37. The van der Waals surface area contributed by atoms with Gasteiger partial charge < -0.3 is 14.6 Å². The number of amides is 1. The standard InChI is InChI=1S/C19H28N4O5S/c1-6-23-16-8-7-14(29(26,27)22(4)5)11-15(16)21-17(23)9-10-18(24)20-12-19(25)28-13(2)3/h7-8,11,13H,6,9-10,12H2,1-5H3,(H,20,24). The Morgan fingerprint density at radius 3 is 2.55 bits per heavy atom. The van der Waals surface area contributed by atoms with Gasteiger partial charge in [0.1, 0.15) is 12.4 Å². The van der Waals surface area contributed by atoms with Gasteiger partial charge in [0.15, 0.2) is 0 Å². The molecule has 0 aliphatic heterocycles. The molecule has 1 N–H and O–H groups in total. The molecule has 9 nitrogen and oxygen atoms in total. The van der Waals surface area contributed by atoms with Crippen molar-refractivity contribution in [3.05, 3.63) is 24.0 Å². The van der Waals surface area contributed by atoms with Crippen LogP contribution < -0.4 is 5.32 Å². The molecule has 2 aromatic rings. The number of ether oxygens (including phenoxy) is 1. The molecule has 0 bridgehead atoms. The molecule has 0 atom stereocenters. The molecule has 0 fully saturated rings. The van der Waals surface area contributed by atoms with E-state index in [-0.39, 0.29) is 29.9 Å². The Kier molecular flexibility index (Phi) is 7.37. The van der Waals surface area contributed by atoms with E-state index in [0.717, 1.165) is 9.82 Å². The average molecular weight is 425 g/mol. The highest BCUT2D eigenvalue weighted by Gasteiger charge is 2.20. The smallest absolute Gasteiger partial charge is 0.325 e. The number of sulfonamides is 1.